The molecule has 2 fully saturated rings. The fourth-order valence-corrected chi connectivity index (χ4v) is 9.02. The topological polar surface area (TPSA) is 171 Å². The minimum atomic E-state index is -0.697. The number of hydrogen-bond acceptors (Lipinski definition) is 8. The summed E-state index contributed by atoms with van der Waals surface area (Å²) in [7, 11) is 1.29. The maximum atomic E-state index is 13.6. The predicted molar refractivity (Wildman–Crippen MR) is 224 cm³/mol. The predicted octanol–water partition coefficient (Wildman–Crippen LogP) is 7.72. The molecule has 14 nitrogen and oxygen atoms in total. The number of imidazole rings is 2. The second-order valence-electron chi connectivity index (χ2n) is 16.8. The van der Waals surface area contributed by atoms with Crippen molar-refractivity contribution in [1.82, 2.24) is 39.6 Å². The number of benzene rings is 2. The number of aromatic nitrogens is 5. The van der Waals surface area contributed by atoms with Gasteiger partial charge in [0.25, 0.3) is 0 Å². The van der Waals surface area contributed by atoms with Crippen LogP contribution in [0.3, 0.4) is 0 Å². The molecule has 3 amide bonds. The minimum absolute atomic E-state index is 0.0116. The number of likely N-dealkylation sites (tertiary alicyclic amines) is 2. The number of aliphatic hydroxyl groups is 1. The van der Waals surface area contributed by atoms with E-state index in [0.717, 1.165) is 101 Å². The molecule has 6 heterocycles. The summed E-state index contributed by atoms with van der Waals surface area (Å²) < 4.78 is 13.3. The Labute approximate surface area is 344 Å². The third kappa shape index (κ3) is 7.94. The van der Waals surface area contributed by atoms with E-state index in [0.29, 0.717) is 25.6 Å². The van der Waals surface area contributed by atoms with Crippen molar-refractivity contribution in [2.24, 2.45) is 11.8 Å². The van der Waals surface area contributed by atoms with E-state index in [1.54, 1.807) is 6.20 Å². The molecule has 5 aromatic rings. The van der Waals surface area contributed by atoms with Gasteiger partial charge in [-0.1, -0.05) is 52.7 Å². The smallest absolute Gasteiger partial charge is 0.407 e. The zero-order valence-corrected chi connectivity index (χ0v) is 34.7. The van der Waals surface area contributed by atoms with E-state index in [-0.39, 0.29) is 42.2 Å². The number of methoxy groups -OCH3 is 1. The number of rotatable bonds is 13. The lowest BCUT2D eigenvalue weighted by molar-refractivity contribution is -0.136. The highest BCUT2D eigenvalue weighted by Gasteiger charge is 2.38. The number of aromatic amines is 2. The summed E-state index contributed by atoms with van der Waals surface area (Å²) in [6.45, 7) is 9.60. The molecule has 2 saturated heterocycles. The second-order valence-corrected chi connectivity index (χ2v) is 16.8. The molecule has 2 aromatic carbocycles. The zero-order valence-electron chi connectivity index (χ0n) is 34.7. The minimum Gasteiger partial charge on any atom is -0.472 e. The first-order valence-electron chi connectivity index (χ1n) is 21.2. The van der Waals surface area contributed by atoms with Gasteiger partial charge in [0, 0.05) is 35.2 Å². The van der Waals surface area contributed by atoms with Crippen LogP contribution in [0.2, 0.25) is 0 Å². The van der Waals surface area contributed by atoms with Crippen molar-refractivity contribution in [3.63, 3.8) is 0 Å². The molecule has 8 rings (SSSR count). The number of unbranched alkanes of at least 4 members (excludes halogenated alkanes) is 1. The Morgan fingerprint density at radius 3 is 2.27 bits per heavy atom. The average molecular weight is 805 g/mol. The van der Waals surface area contributed by atoms with E-state index in [1.165, 1.54) is 7.11 Å². The number of hydrogen-bond donors (Lipinski definition) is 4. The third-order valence-electron chi connectivity index (χ3n) is 12.5. The lowest BCUT2D eigenvalue weighted by Crippen LogP contribution is -2.51. The number of carbonyl (C=O) groups excluding carboxylic acids is 3. The van der Waals surface area contributed by atoms with Gasteiger partial charge in [0.05, 0.1) is 66.7 Å². The molecule has 0 aliphatic carbocycles. The summed E-state index contributed by atoms with van der Waals surface area (Å²) in [6, 6.07) is 13.7. The molecule has 5 unspecified atom stereocenters. The summed E-state index contributed by atoms with van der Waals surface area (Å²) in [5.41, 5.74) is 6.76. The molecule has 14 heteroatoms. The number of carbonyl (C=O) groups is 3. The first kappa shape index (κ1) is 40.2. The Bertz CT molecular complexity index is 2330. The highest BCUT2D eigenvalue weighted by molar-refractivity contribution is 5.92. The highest BCUT2D eigenvalue weighted by Crippen LogP contribution is 2.42. The van der Waals surface area contributed by atoms with Crippen molar-refractivity contribution >= 4 is 28.8 Å². The normalized spacial score (nSPS) is 19.0. The van der Waals surface area contributed by atoms with Crippen molar-refractivity contribution in [1.29, 1.82) is 0 Å². The Kier molecular flexibility index (Phi) is 11.5. The number of ether oxygens (including phenoxy) is 2. The van der Waals surface area contributed by atoms with Crippen LogP contribution in [-0.4, -0.2) is 89.7 Å². The second kappa shape index (κ2) is 16.9. The van der Waals surface area contributed by atoms with Crippen LogP contribution in [0.1, 0.15) is 103 Å². The molecule has 3 aliphatic heterocycles. The molecule has 4 N–H and O–H groups in total. The highest BCUT2D eigenvalue weighted by atomic mass is 16.5. The van der Waals surface area contributed by atoms with E-state index in [1.807, 2.05) is 42.8 Å². The van der Waals surface area contributed by atoms with Crippen LogP contribution in [0.5, 0.6) is 5.75 Å². The molecule has 5 atom stereocenters. The van der Waals surface area contributed by atoms with Crippen LogP contribution in [0.25, 0.3) is 44.7 Å². The Morgan fingerprint density at radius 2 is 1.59 bits per heavy atom. The average Bonchev–Trinajstić information content (AvgIpc) is 4.09. The molecule has 3 aliphatic rings. The van der Waals surface area contributed by atoms with E-state index >= 15 is 0 Å². The van der Waals surface area contributed by atoms with Crippen LogP contribution >= 0.6 is 0 Å². The summed E-state index contributed by atoms with van der Waals surface area (Å²) in [4.78, 5) is 59.2. The van der Waals surface area contributed by atoms with Crippen LogP contribution in [0, 0.1) is 11.8 Å². The Hall–Kier alpha value is -5.63. The summed E-state index contributed by atoms with van der Waals surface area (Å²) in [5.74, 6) is 2.09. The Balaban J connectivity index is 0.971. The maximum Gasteiger partial charge on any atom is 0.407 e. The van der Waals surface area contributed by atoms with E-state index in [4.69, 9.17) is 19.4 Å². The monoisotopic (exact) mass is 804 g/mol. The van der Waals surface area contributed by atoms with Gasteiger partial charge in [-0.25, -0.2) is 14.8 Å². The summed E-state index contributed by atoms with van der Waals surface area (Å²) in [5, 5.41) is 14.5. The van der Waals surface area contributed by atoms with Crippen molar-refractivity contribution in [3.05, 3.63) is 66.5 Å². The van der Waals surface area contributed by atoms with E-state index in [9.17, 15) is 19.5 Å². The molecule has 0 saturated carbocycles. The third-order valence-corrected chi connectivity index (χ3v) is 12.5. The molecular formula is C45H56N8O6. The van der Waals surface area contributed by atoms with Gasteiger partial charge < -0.3 is 44.2 Å². The molecule has 0 spiro atoms. The van der Waals surface area contributed by atoms with Gasteiger partial charge in [0.2, 0.25) is 11.8 Å². The fourth-order valence-electron chi connectivity index (χ4n) is 9.02. The first-order chi connectivity index (χ1) is 28.5. The molecule has 0 radical (unpaired) electrons. The van der Waals surface area contributed by atoms with Crippen LogP contribution in [0.15, 0.2) is 54.9 Å². The van der Waals surface area contributed by atoms with E-state index < -0.39 is 18.2 Å². The number of aliphatic hydroxyl groups excluding tert-OH is 1. The first-order valence-corrected chi connectivity index (χ1v) is 21.2. The van der Waals surface area contributed by atoms with Crippen molar-refractivity contribution in [2.75, 3.05) is 20.2 Å². The van der Waals surface area contributed by atoms with Crippen molar-refractivity contribution in [2.45, 2.75) is 110 Å². The molecule has 59 heavy (non-hydrogen) atoms. The van der Waals surface area contributed by atoms with Gasteiger partial charge >= 0.3 is 6.09 Å². The number of H-pyrrole nitrogens is 2. The number of nitrogens with one attached hydrogen (secondary N) is 3. The molecule has 0 bridgehead atoms. The standard InChI is InChI=1S/C45H56N8O6/c1-6-7-10-27(4)38(54)22-40(55)51-17-8-11-35(51)42-46-23-32(48-42)28-14-16-34-30(19-28)20-37-31-15-13-29(21-39(31)59-25-53(34)37)33-24-47-43(49-33)36-12-9-18-52(36)44(56)41(26(2)3)50-45(57)58-5/h13-16,19-21,23-24,26-27,35-36,38,41,54H,6-12,17-18,22,25H2,1-5H3,(H,46,48)(H,47,49)(H,50,57). The Morgan fingerprint density at radius 1 is 0.932 bits per heavy atom. The SMILES string of the molecule is CCCCC(C)C(O)CC(=O)N1CCCC1c1ncc(-c2ccc3c(c2)cc2n3COc3cc(-c4cnc(C5CCCN5C(=O)C(NC(=O)OC)C(C)C)[nH]4)ccc3-2)[nH]1. The fraction of sp³-hybridized carbons (Fsp3) is 0.489. The number of amides is 3. The van der Waals surface area contributed by atoms with Gasteiger partial charge in [-0.15, -0.1) is 0 Å². The number of fused-ring (bicyclic) bond motifs is 5. The van der Waals surface area contributed by atoms with Crippen LogP contribution in [0.4, 0.5) is 4.79 Å². The van der Waals surface area contributed by atoms with Gasteiger partial charge in [-0.05, 0) is 74.3 Å². The lowest BCUT2D eigenvalue weighted by Gasteiger charge is -2.30. The maximum absolute atomic E-state index is 13.6. The van der Waals surface area contributed by atoms with Gasteiger partial charge in [-0.2, -0.15) is 0 Å². The van der Waals surface area contributed by atoms with Crippen molar-refractivity contribution < 1.29 is 29.0 Å². The van der Waals surface area contributed by atoms with Crippen LogP contribution in [-0.2, 0) is 21.1 Å². The lowest BCUT2D eigenvalue weighted by atomic mass is 9.95. The molecule has 312 valence electrons. The van der Waals surface area contributed by atoms with Gasteiger partial charge in [0.1, 0.15) is 23.4 Å². The largest absolute Gasteiger partial charge is 0.472 e. The van der Waals surface area contributed by atoms with Crippen LogP contribution < -0.4 is 10.1 Å². The van der Waals surface area contributed by atoms with Crippen molar-refractivity contribution in [3.8, 4) is 39.5 Å². The van der Waals surface area contributed by atoms with E-state index in [2.05, 4.69) is 63.2 Å². The summed E-state index contributed by atoms with van der Waals surface area (Å²) >= 11 is 0. The number of nitrogens with zero attached hydrogens (tertiary/aromatic N) is 5. The van der Waals surface area contributed by atoms with Gasteiger partial charge in [0.15, 0.2) is 6.73 Å². The summed E-state index contributed by atoms with van der Waals surface area (Å²) in [6.07, 6.45) is 8.94. The zero-order chi connectivity index (χ0) is 41.4. The molecular weight excluding hydrogens is 749 g/mol. The number of alkyl carbamates (subject to hydrolysis) is 1. The molecule has 3 aromatic heterocycles. The quantitative estimate of drug-likeness (QED) is 0.0937. The van der Waals surface area contributed by atoms with Gasteiger partial charge in [-0.3, -0.25) is 9.59 Å².